The maximum Gasteiger partial charge on any atom is 0.417 e. The third-order valence-corrected chi connectivity index (χ3v) is 5.21. The van der Waals surface area contributed by atoms with E-state index in [1.165, 1.54) is 0 Å². The van der Waals surface area contributed by atoms with Crippen LogP contribution < -0.4 is 5.73 Å². The molecular formula is C11H12ClF3N2O2S. The Bertz CT molecular complexity index is 619. The van der Waals surface area contributed by atoms with E-state index < -0.39 is 26.7 Å². The summed E-state index contributed by atoms with van der Waals surface area (Å²) in [7, 11) is -4.23. The molecule has 0 aliphatic carbocycles. The van der Waals surface area contributed by atoms with E-state index in [-0.39, 0.29) is 24.2 Å². The van der Waals surface area contributed by atoms with Crippen LogP contribution >= 0.6 is 11.6 Å². The first-order chi connectivity index (χ1) is 9.12. The van der Waals surface area contributed by atoms with Crippen molar-refractivity contribution in [2.75, 3.05) is 13.1 Å². The van der Waals surface area contributed by atoms with Crippen LogP contribution in [0.25, 0.3) is 0 Å². The van der Waals surface area contributed by atoms with Crippen molar-refractivity contribution in [3.8, 4) is 0 Å². The lowest BCUT2D eigenvalue weighted by Gasteiger charge is -2.19. The van der Waals surface area contributed by atoms with E-state index in [1.54, 1.807) is 0 Å². The summed E-state index contributed by atoms with van der Waals surface area (Å²) in [5.41, 5.74) is 4.34. The molecule has 1 aliphatic rings. The largest absolute Gasteiger partial charge is 0.417 e. The standard InChI is InChI=1S/C11H12ClF3N2O2S/c12-7-1-2-10(9(5-7)11(13,14)15)20(18,19)17-4-3-8(16)6-17/h1-2,5,8H,3-4,6,16H2/t8-/m0/s1. The number of rotatable bonds is 2. The van der Waals surface area contributed by atoms with Gasteiger partial charge >= 0.3 is 6.18 Å². The van der Waals surface area contributed by atoms with Crippen LogP contribution in [0.2, 0.25) is 5.02 Å². The molecular weight excluding hydrogens is 317 g/mol. The smallest absolute Gasteiger partial charge is 0.326 e. The van der Waals surface area contributed by atoms with Gasteiger partial charge in [0, 0.05) is 24.2 Å². The van der Waals surface area contributed by atoms with E-state index in [0.29, 0.717) is 12.5 Å². The summed E-state index contributed by atoms with van der Waals surface area (Å²) in [5.74, 6) is 0. The number of sulfonamides is 1. The lowest BCUT2D eigenvalue weighted by atomic mass is 10.2. The first-order valence-electron chi connectivity index (χ1n) is 5.75. The lowest BCUT2D eigenvalue weighted by Crippen LogP contribution is -2.33. The Labute approximate surface area is 119 Å². The van der Waals surface area contributed by atoms with Gasteiger partial charge in [-0.2, -0.15) is 17.5 Å². The Morgan fingerprint density at radius 2 is 2.00 bits per heavy atom. The molecule has 1 saturated heterocycles. The van der Waals surface area contributed by atoms with E-state index in [4.69, 9.17) is 17.3 Å². The molecule has 1 aromatic carbocycles. The van der Waals surface area contributed by atoms with Crippen molar-refractivity contribution < 1.29 is 21.6 Å². The minimum atomic E-state index is -4.80. The van der Waals surface area contributed by atoms with Crippen molar-refractivity contribution in [2.45, 2.75) is 23.5 Å². The highest BCUT2D eigenvalue weighted by atomic mass is 35.5. The molecule has 4 nitrogen and oxygen atoms in total. The molecule has 20 heavy (non-hydrogen) atoms. The summed E-state index contributed by atoms with van der Waals surface area (Å²) in [6.45, 7) is 0.131. The number of benzene rings is 1. The molecule has 0 saturated carbocycles. The zero-order valence-electron chi connectivity index (χ0n) is 10.2. The van der Waals surface area contributed by atoms with Gasteiger partial charge in [0.1, 0.15) is 0 Å². The van der Waals surface area contributed by atoms with Gasteiger partial charge in [-0.05, 0) is 24.6 Å². The van der Waals surface area contributed by atoms with Crippen molar-refractivity contribution in [3.63, 3.8) is 0 Å². The van der Waals surface area contributed by atoms with Crippen LogP contribution in [0.5, 0.6) is 0 Å². The minimum absolute atomic E-state index is 0.0161. The Balaban J connectivity index is 2.52. The molecule has 0 radical (unpaired) electrons. The average Bonchev–Trinajstić information content (AvgIpc) is 2.75. The normalized spacial score (nSPS) is 21.4. The van der Waals surface area contributed by atoms with E-state index in [0.717, 1.165) is 16.4 Å². The van der Waals surface area contributed by atoms with Gasteiger partial charge in [0.15, 0.2) is 0 Å². The van der Waals surface area contributed by atoms with Gasteiger partial charge in [-0.15, -0.1) is 0 Å². The number of halogens is 4. The van der Waals surface area contributed by atoms with Crippen LogP contribution in [-0.4, -0.2) is 31.9 Å². The van der Waals surface area contributed by atoms with E-state index >= 15 is 0 Å². The third kappa shape index (κ3) is 2.93. The van der Waals surface area contributed by atoms with Crippen LogP contribution in [0, 0.1) is 0 Å². The third-order valence-electron chi connectivity index (χ3n) is 3.05. The number of alkyl halides is 3. The van der Waals surface area contributed by atoms with Crippen molar-refractivity contribution in [1.29, 1.82) is 0 Å². The summed E-state index contributed by atoms with van der Waals surface area (Å²) < 4.78 is 64.4. The highest BCUT2D eigenvalue weighted by Gasteiger charge is 2.40. The Kier molecular flexibility index (Phi) is 4.03. The highest BCUT2D eigenvalue weighted by molar-refractivity contribution is 7.89. The topological polar surface area (TPSA) is 63.4 Å². The number of hydrogen-bond donors (Lipinski definition) is 1. The van der Waals surface area contributed by atoms with Gasteiger partial charge in [-0.25, -0.2) is 8.42 Å². The number of nitrogens with zero attached hydrogens (tertiary/aromatic N) is 1. The van der Waals surface area contributed by atoms with Crippen molar-refractivity contribution in [3.05, 3.63) is 28.8 Å². The zero-order chi connectivity index (χ0) is 15.1. The van der Waals surface area contributed by atoms with Crippen LogP contribution in [-0.2, 0) is 16.2 Å². The van der Waals surface area contributed by atoms with Gasteiger partial charge in [0.25, 0.3) is 0 Å². The van der Waals surface area contributed by atoms with E-state index in [1.807, 2.05) is 0 Å². The first kappa shape index (κ1) is 15.6. The molecule has 1 aromatic rings. The molecule has 0 bridgehead atoms. The fourth-order valence-corrected chi connectivity index (χ4v) is 3.94. The summed E-state index contributed by atoms with van der Waals surface area (Å²) >= 11 is 5.53. The Morgan fingerprint density at radius 1 is 1.35 bits per heavy atom. The molecule has 2 rings (SSSR count). The summed E-state index contributed by atoms with van der Waals surface area (Å²) in [5, 5.41) is -0.172. The number of nitrogens with two attached hydrogens (primary N) is 1. The molecule has 2 N–H and O–H groups in total. The van der Waals surface area contributed by atoms with Crippen LogP contribution in [0.3, 0.4) is 0 Å². The summed E-state index contributed by atoms with van der Waals surface area (Å²) in [4.78, 5) is -0.788. The maximum absolute atomic E-state index is 13.0. The molecule has 1 atom stereocenters. The first-order valence-corrected chi connectivity index (χ1v) is 7.56. The van der Waals surface area contributed by atoms with Crippen molar-refractivity contribution in [2.24, 2.45) is 5.73 Å². The second-order valence-electron chi connectivity index (χ2n) is 4.55. The number of hydrogen-bond acceptors (Lipinski definition) is 3. The highest BCUT2D eigenvalue weighted by Crippen LogP contribution is 2.37. The van der Waals surface area contributed by atoms with Gasteiger partial charge in [0.05, 0.1) is 10.5 Å². The van der Waals surface area contributed by atoms with Crippen LogP contribution in [0.1, 0.15) is 12.0 Å². The predicted molar refractivity (Wildman–Crippen MR) is 67.8 cm³/mol. The lowest BCUT2D eigenvalue weighted by molar-refractivity contribution is -0.139. The molecule has 1 heterocycles. The van der Waals surface area contributed by atoms with Gasteiger partial charge in [-0.1, -0.05) is 11.6 Å². The Morgan fingerprint density at radius 3 is 2.50 bits per heavy atom. The summed E-state index contributed by atoms with van der Waals surface area (Å²) in [6.07, 6.45) is -4.37. The predicted octanol–water partition coefficient (Wildman–Crippen LogP) is 2.08. The monoisotopic (exact) mass is 328 g/mol. The van der Waals surface area contributed by atoms with Crippen LogP contribution in [0.4, 0.5) is 13.2 Å². The molecule has 0 unspecified atom stereocenters. The Hall–Kier alpha value is -0.830. The molecule has 1 fully saturated rings. The SMILES string of the molecule is N[C@H]1CCN(S(=O)(=O)c2ccc(Cl)cc2C(F)(F)F)C1. The van der Waals surface area contributed by atoms with Gasteiger partial charge in [0.2, 0.25) is 10.0 Å². The molecule has 112 valence electrons. The quantitative estimate of drug-likeness (QED) is 0.904. The average molecular weight is 329 g/mol. The molecule has 0 aromatic heterocycles. The second-order valence-corrected chi connectivity index (χ2v) is 6.89. The second kappa shape index (κ2) is 5.18. The molecule has 9 heteroatoms. The fraction of sp³-hybridized carbons (Fsp3) is 0.455. The minimum Gasteiger partial charge on any atom is -0.326 e. The van der Waals surface area contributed by atoms with Crippen molar-refractivity contribution in [1.82, 2.24) is 4.31 Å². The van der Waals surface area contributed by atoms with E-state index in [9.17, 15) is 21.6 Å². The fourth-order valence-electron chi connectivity index (χ4n) is 2.06. The maximum atomic E-state index is 13.0. The van der Waals surface area contributed by atoms with Crippen LogP contribution in [0.15, 0.2) is 23.1 Å². The van der Waals surface area contributed by atoms with E-state index in [2.05, 4.69) is 0 Å². The molecule has 0 amide bonds. The van der Waals surface area contributed by atoms with Crippen molar-refractivity contribution >= 4 is 21.6 Å². The van der Waals surface area contributed by atoms with Gasteiger partial charge < -0.3 is 5.73 Å². The van der Waals surface area contributed by atoms with Gasteiger partial charge in [-0.3, -0.25) is 0 Å². The summed E-state index contributed by atoms with van der Waals surface area (Å²) in [6, 6.07) is 2.26. The zero-order valence-corrected chi connectivity index (χ0v) is 11.8. The molecule has 0 spiro atoms. The molecule has 1 aliphatic heterocycles.